The molecule has 0 bridgehead atoms. The second-order valence-electron chi connectivity index (χ2n) is 4.49. The number of benzene rings is 1. The van der Waals surface area contributed by atoms with Gasteiger partial charge in [-0.05, 0) is 35.3 Å². The van der Waals surface area contributed by atoms with Crippen LogP contribution in [0.15, 0.2) is 16.6 Å². The smallest absolute Gasteiger partial charge is 0.139 e. The Morgan fingerprint density at radius 3 is 2.81 bits per heavy atom. The van der Waals surface area contributed by atoms with Crippen molar-refractivity contribution in [2.75, 3.05) is 23.7 Å². The van der Waals surface area contributed by atoms with Crippen molar-refractivity contribution in [1.29, 1.82) is 0 Å². The fraction of sp³-hybridized carbons (Fsp3) is 0.455. The zero-order valence-corrected chi connectivity index (χ0v) is 10.6. The first kappa shape index (κ1) is 11.7. The first-order valence-electron chi connectivity index (χ1n) is 5.11. The Labute approximate surface area is 102 Å². The zero-order valence-electron chi connectivity index (χ0n) is 9.00. The number of β-amino-alcohol motifs (C(OH)–C–C–N with tert-alkyl or cyclic N) is 1. The van der Waals surface area contributed by atoms with Crippen LogP contribution in [0.4, 0.5) is 15.8 Å². The van der Waals surface area contributed by atoms with E-state index in [9.17, 15) is 9.50 Å². The Balaban J connectivity index is 2.32. The predicted octanol–water partition coefficient (Wildman–Crippen LogP) is 2.13. The lowest BCUT2D eigenvalue weighted by Gasteiger charge is -2.22. The van der Waals surface area contributed by atoms with Gasteiger partial charge >= 0.3 is 0 Å². The summed E-state index contributed by atoms with van der Waals surface area (Å²) >= 11 is 3.14. The summed E-state index contributed by atoms with van der Waals surface area (Å²) < 4.78 is 13.6. The molecule has 0 spiro atoms. The van der Waals surface area contributed by atoms with Crippen molar-refractivity contribution in [3.63, 3.8) is 0 Å². The quantitative estimate of drug-likeness (QED) is 0.779. The molecule has 0 saturated carbocycles. The molecule has 1 aromatic rings. The van der Waals surface area contributed by atoms with Gasteiger partial charge in [0, 0.05) is 19.2 Å². The number of anilines is 2. The Morgan fingerprint density at radius 1 is 1.56 bits per heavy atom. The molecular weight excluding hydrogens is 275 g/mol. The normalized spacial score (nSPS) is 25.1. The Bertz CT molecular complexity index is 423. The summed E-state index contributed by atoms with van der Waals surface area (Å²) in [6.45, 7) is 3.05. The zero-order chi connectivity index (χ0) is 11.9. The molecule has 0 amide bonds. The maximum Gasteiger partial charge on any atom is 0.139 e. The third-order valence-corrected chi connectivity index (χ3v) is 3.47. The fourth-order valence-corrected chi connectivity index (χ4v) is 2.31. The van der Waals surface area contributed by atoms with E-state index in [0.29, 0.717) is 23.1 Å². The number of halogens is 2. The number of rotatable bonds is 1. The predicted molar refractivity (Wildman–Crippen MR) is 66.0 cm³/mol. The van der Waals surface area contributed by atoms with E-state index < -0.39 is 5.60 Å². The van der Waals surface area contributed by atoms with E-state index in [1.807, 2.05) is 4.90 Å². The van der Waals surface area contributed by atoms with Crippen LogP contribution in [0.3, 0.4) is 0 Å². The molecule has 1 heterocycles. The molecule has 0 aromatic heterocycles. The third kappa shape index (κ3) is 2.15. The Hall–Kier alpha value is -0.810. The molecular formula is C11H14BrFN2O. The molecule has 1 saturated heterocycles. The topological polar surface area (TPSA) is 49.5 Å². The van der Waals surface area contributed by atoms with Crippen LogP contribution in [0.5, 0.6) is 0 Å². The number of nitrogen functional groups attached to an aromatic ring is 1. The Morgan fingerprint density at radius 2 is 2.25 bits per heavy atom. The van der Waals surface area contributed by atoms with Crippen LogP contribution in [-0.4, -0.2) is 23.8 Å². The first-order chi connectivity index (χ1) is 7.39. The van der Waals surface area contributed by atoms with Gasteiger partial charge in [-0.3, -0.25) is 0 Å². The highest BCUT2D eigenvalue weighted by Crippen LogP contribution is 2.33. The molecule has 16 heavy (non-hydrogen) atoms. The lowest BCUT2D eigenvalue weighted by molar-refractivity contribution is 0.0839. The van der Waals surface area contributed by atoms with Crippen molar-refractivity contribution >= 4 is 27.3 Å². The number of hydrogen-bond acceptors (Lipinski definition) is 3. The summed E-state index contributed by atoms with van der Waals surface area (Å²) in [7, 11) is 0. The van der Waals surface area contributed by atoms with Crippen LogP contribution in [0, 0.1) is 5.82 Å². The van der Waals surface area contributed by atoms with E-state index in [2.05, 4.69) is 15.9 Å². The maximum atomic E-state index is 13.2. The van der Waals surface area contributed by atoms with Gasteiger partial charge in [-0.15, -0.1) is 0 Å². The molecule has 3 N–H and O–H groups in total. The van der Waals surface area contributed by atoms with Gasteiger partial charge in [-0.1, -0.05) is 0 Å². The maximum absolute atomic E-state index is 13.2. The highest BCUT2D eigenvalue weighted by atomic mass is 79.9. The van der Waals surface area contributed by atoms with Crippen LogP contribution in [0.1, 0.15) is 13.3 Å². The van der Waals surface area contributed by atoms with Crippen LogP contribution in [-0.2, 0) is 0 Å². The molecule has 1 aliphatic rings. The molecule has 1 atom stereocenters. The number of aliphatic hydroxyl groups is 1. The fourth-order valence-electron chi connectivity index (χ4n) is 1.98. The molecule has 1 unspecified atom stereocenters. The van der Waals surface area contributed by atoms with Crippen molar-refractivity contribution < 1.29 is 9.50 Å². The summed E-state index contributed by atoms with van der Waals surface area (Å²) in [6, 6.07) is 2.96. The van der Waals surface area contributed by atoms with E-state index in [1.54, 1.807) is 13.0 Å². The lowest BCUT2D eigenvalue weighted by atomic mass is 10.1. The third-order valence-electron chi connectivity index (χ3n) is 2.86. The number of hydrogen-bond donors (Lipinski definition) is 2. The summed E-state index contributed by atoms with van der Waals surface area (Å²) in [5.41, 5.74) is 6.26. The van der Waals surface area contributed by atoms with Gasteiger partial charge in [0.05, 0.1) is 21.4 Å². The van der Waals surface area contributed by atoms with Crippen molar-refractivity contribution in [1.82, 2.24) is 0 Å². The van der Waals surface area contributed by atoms with E-state index >= 15 is 0 Å². The van der Waals surface area contributed by atoms with Crippen molar-refractivity contribution in [3.8, 4) is 0 Å². The van der Waals surface area contributed by atoms with Gasteiger partial charge in [0.25, 0.3) is 0 Å². The van der Waals surface area contributed by atoms with Crippen LogP contribution in [0.2, 0.25) is 0 Å². The second kappa shape index (κ2) is 3.89. The van der Waals surface area contributed by atoms with Crippen LogP contribution in [0.25, 0.3) is 0 Å². The second-order valence-corrected chi connectivity index (χ2v) is 5.35. The van der Waals surface area contributed by atoms with Gasteiger partial charge < -0.3 is 15.7 Å². The summed E-state index contributed by atoms with van der Waals surface area (Å²) in [6.07, 6.45) is 0.696. The molecule has 5 heteroatoms. The van der Waals surface area contributed by atoms with Gasteiger partial charge in [-0.25, -0.2) is 4.39 Å². The molecule has 88 valence electrons. The molecule has 1 aliphatic heterocycles. The number of nitrogens with two attached hydrogens (primary N) is 1. The first-order valence-corrected chi connectivity index (χ1v) is 5.90. The molecule has 0 radical (unpaired) electrons. The monoisotopic (exact) mass is 288 g/mol. The molecule has 1 fully saturated rings. The summed E-state index contributed by atoms with van der Waals surface area (Å²) in [5.74, 6) is -0.368. The van der Waals surface area contributed by atoms with Crippen molar-refractivity contribution in [2.45, 2.75) is 18.9 Å². The van der Waals surface area contributed by atoms with Crippen LogP contribution < -0.4 is 10.6 Å². The van der Waals surface area contributed by atoms with Gasteiger partial charge in [0.2, 0.25) is 0 Å². The molecule has 1 aromatic carbocycles. The van der Waals surface area contributed by atoms with E-state index in [1.165, 1.54) is 6.07 Å². The Kier molecular flexibility index (Phi) is 2.84. The van der Waals surface area contributed by atoms with Gasteiger partial charge in [-0.2, -0.15) is 0 Å². The largest absolute Gasteiger partial charge is 0.397 e. The minimum absolute atomic E-state index is 0.368. The summed E-state index contributed by atoms with van der Waals surface area (Å²) in [5, 5.41) is 9.87. The average molecular weight is 289 g/mol. The van der Waals surface area contributed by atoms with E-state index in [-0.39, 0.29) is 5.82 Å². The molecule has 3 nitrogen and oxygen atoms in total. The SMILES string of the molecule is CC1(O)CCN(c2cc(Br)c(F)cc2N)C1. The average Bonchev–Trinajstić information content (AvgIpc) is 2.52. The highest BCUT2D eigenvalue weighted by molar-refractivity contribution is 9.10. The van der Waals surface area contributed by atoms with Gasteiger partial charge in [0.1, 0.15) is 5.82 Å². The van der Waals surface area contributed by atoms with Crippen LogP contribution >= 0.6 is 15.9 Å². The van der Waals surface area contributed by atoms with Crippen molar-refractivity contribution in [3.05, 3.63) is 22.4 Å². The molecule has 2 rings (SSSR count). The minimum atomic E-state index is -0.687. The standard InChI is InChI=1S/C11H14BrFN2O/c1-11(16)2-3-15(6-11)10-4-7(12)8(13)5-9(10)14/h4-5,16H,2-3,6,14H2,1H3. The van der Waals surface area contributed by atoms with Crippen molar-refractivity contribution in [2.24, 2.45) is 0 Å². The van der Waals surface area contributed by atoms with Gasteiger partial charge in [0.15, 0.2) is 0 Å². The number of nitrogens with zero attached hydrogens (tertiary/aromatic N) is 1. The lowest BCUT2D eigenvalue weighted by Crippen LogP contribution is -2.30. The van der Waals surface area contributed by atoms with E-state index in [4.69, 9.17) is 5.73 Å². The highest BCUT2D eigenvalue weighted by Gasteiger charge is 2.32. The van der Waals surface area contributed by atoms with E-state index in [0.717, 1.165) is 12.2 Å². The summed E-state index contributed by atoms with van der Waals surface area (Å²) in [4.78, 5) is 1.97. The molecule has 0 aliphatic carbocycles. The minimum Gasteiger partial charge on any atom is -0.397 e.